The Morgan fingerprint density at radius 2 is 2.13 bits per heavy atom. The maximum absolute atomic E-state index is 12.8. The summed E-state index contributed by atoms with van der Waals surface area (Å²) < 4.78 is 12.8. The summed E-state index contributed by atoms with van der Waals surface area (Å²) in [5.74, 6) is -0.450. The number of anilines is 1. The summed E-state index contributed by atoms with van der Waals surface area (Å²) in [5.41, 5.74) is 3.48. The molecule has 0 heterocycles. The molecule has 1 rings (SSSR count). The van der Waals surface area contributed by atoms with Gasteiger partial charge in [0.15, 0.2) is 5.11 Å². The topological polar surface area (TPSA) is 27.3 Å². The van der Waals surface area contributed by atoms with E-state index in [2.05, 4.69) is 10.7 Å². The van der Waals surface area contributed by atoms with E-state index in [1.54, 1.807) is 11.1 Å². The fourth-order valence-corrected chi connectivity index (χ4v) is 1.42. The van der Waals surface area contributed by atoms with Crippen molar-refractivity contribution in [1.82, 2.24) is 10.4 Å². The van der Waals surface area contributed by atoms with Gasteiger partial charge in [-0.3, -0.25) is 5.43 Å². The fraction of sp³-hybridized carbons (Fsp3) is 0.222. The van der Waals surface area contributed by atoms with E-state index in [4.69, 9.17) is 23.8 Å². The maximum atomic E-state index is 12.8. The van der Waals surface area contributed by atoms with E-state index in [1.807, 2.05) is 14.1 Å². The van der Waals surface area contributed by atoms with Gasteiger partial charge in [-0.15, -0.1) is 0 Å². The Hall–Kier alpha value is -0.910. The van der Waals surface area contributed by atoms with E-state index in [0.717, 1.165) is 0 Å². The maximum Gasteiger partial charge on any atom is 0.185 e. The van der Waals surface area contributed by atoms with Crippen LogP contribution in [0.5, 0.6) is 0 Å². The smallest absolute Gasteiger partial charge is 0.185 e. The normalized spacial score (nSPS) is 10.2. The zero-order chi connectivity index (χ0) is 11.4. The minimum atomic E-state index is -0.450. The van der Waals surface area contributed by atoms with Gasteiger partial charge in [-0.2, -0.15) is 0 Å². The van der Waals surface area contributed by atoms with Gasteiger partial charge in [-0.05, 0) is 30.4 Å². The molecule has 0 unspecified atom stereocenters. The van der Waals surface area contributed by atoms with Gasteiger partial charge in [0, 0.05) is 19.8 Å². The molecule has 82 valence electrons. The summed E-state index contributed by atoms with van der Waals surface area (Å²) in [6.07, 6.45) is 0. The van der Waals surface area contributed by atoms with Crippen molar-refractivity contribution in [2.75, 3.05) is 19.4 Å². The third-order valence-corrected chi connectivity index (χ3v) is 1.99. The minimum absolute atomic E-state index is 0.0626. The van der Waals surface area contributed by atoms with Crippen LogP contribution in [-0.2, 0) is 0 Å². The van der Waals surface area contributed by atoms with Gasteiger partial charge in [-0.25, -0.2) is 9.40 Å². The molecule has 0 radical (unpaired) electrons. The first kappa shape index (κ1) is 12.2. The third kappa shape index (κ3) is 3.99. The molecule has 6 heteroatoms. The van der Waals surface area contributed by atoms with Gasteiger partial charge >= 0.3 is 0 Å². The van der Waals surface area contributed by atoms with Crippen LogP contribution >= 0.6 is 23.8 Å². The van der Waals surface area contributed by atoms with Gasteiger partial charge in [-0.1, -0.05) is 11.6 Å². The second-order valence-corrected chi connectivity index (χ2v) is 3.90. The lowest BCUT2D eigenvalue weighted by atomic mass is 10.3. The number of nitrogens with one attached hydrogen (secondary N) is 2. The van der Waals surface area contributed by atoms with E-state index < -0.39 is 5.82 Å². The molecule has 0 aliphatic heterocycles. The SMILES string of the molecule is CN(C)NC(=S)Nc1ccc(F)c(Cl)c1. The van der Waals surface area contributed by atoms with Crippen molar-refractivity contribution in [1.29, 1.82) is 0 Å². The molecule has 0 fully saturated rings. The lowest BCUT2D eigenvalue weighted by molar-refractivity contribution is 0.365. The van der Waals surface area contributed by atoms with E-state index in [0.29, 0.717) is 10.8 Å². The molecule has 1 aromatic rings. The lowest BCUT2D eigenvalue weighted by Crippen LogP contribution is -2.38. The van der Waals surface area contributed by atoms with Crippen LogP contribution in [0, 0.1) is 5.82 Å². The largest absolute Gasteiger partial charge is 0.332 e. The molecule has 0 aliphatic rings. The number of hydrogen-bond acceptors (Lipinski definition) is 2. The second kappa shape index (κ2) is 5.25. The predicted octanol–water partition coefficient (Wildman–Crippen LogP) is 2.24. The van der Waals surface area contributed by atoms with E-state index >= 15 is 0 Å². The summed E-state index contributed by atoms with van der Waals surface area (Å²) in [5, 5.41) is 5.05. The third-order valence-electron chi connectivity index (χ3n) is 1.50. The molecule has 0 saturated carbocycles. The molecule has 15 heavy (non-hydrogen) atoms. The van der Waals surface area contributed by atoms with E-state index in [1.165, 1.54) is 12.1 Å². The number of thiocarbonyl (C=S) groups is 1. The molecule has 0 bridgehead atoms. The number of halogens is 2. The first-order valence-electron chi connectivity index (χ1n) is 4.19. The Kier molecular flexibility index (Phi) is 4.26. The molecule has 3 nitrogen and oxygen atoms in total. The van der Waals surface area contributed by atoms with Crippen LogP contribution in [0.4, 0.5) is 10.1 Å². The zero-order valence-corrected chi connectivity index (χ0v) is 9.92. The van der Waals surface area contributed by atoms with Crippen LogP contribution in [0.1, 0.15) is 0 Å². The first-order valence-corrected chi connectivity index (χ1v) is 4.97. The standard InChI is InChI=1S/C9H11ClFN3S/c1-14(2)13-9(15)12-6-3-4-8(11)7(10)5-6/h3-5H,1-2H3,(H2,12,13,15). The average molecular weight is 248 g/mol. The van der Waals surface area contributed by atoms with Gasteiger partial charge in [0.1, 0.15) is 5.82 Å². The van der Waals surface area contributed by atoms with Crippen molar-refractivity contribution in [3.63, 3.8) is 0 Å². The number of hydrogen-bond donors (Lipinski definition) is 2. The highest BCUT2D eigenvalue weighted by atomic mass is 35.5. The van der Waals surface area contributed by atoms with Crippen LogP contribution < -0.4 is 10.7 Å². The number of nitrogens with zero attached hydrogens (tertiary/aromatic N) is 1. The molecule has 0 spiro atoms. The molecule has 0 aliphatic carbocycles. The Morgan fingerprint density at radius 1 is 1.47 bits per heavy atom. The Bertz CT molecular complexity index is 370. The highest BCUT2D eigenvalue weighted by Gasteiger charge is 2.02. The number of hydrazine groups is 1. The van der Waals surface area contributed by atoms with Gasteiger partial charge in [0.25, 0.3) is 0 Å². The summed E-state index contributed by atoms with van der Waals surface area (Å²) >= 11 is 10.6. The van der Waals surface area contributed by atoms with Gasteiger partial charge in [0.2, 0.25) is 0 Å². The molecular formula is C9H11ClFN3S. The summed E-state index contributed by atoms with van der Waals surface area (Å²) in [6.45, 7) is 0. The second-order valence-electron chi connectivity index (χ2n) is 3.09. The monoisotopic (exact) mass is 247 g/mol. The molecule has 1 aromatic carbocycles. The highest BCUT2D eigenvalue weighted by Crippen LogP contribution is 2.19. The summed E-state index contributed by atoms with van der Waals surface area (Å²) in [7, 11) is 3.62. The molecular weight excluding hydrogens is 237 g/mol. The average Bonchev–Trinajstić information content (AvgIpc) is 2.10. The fourth-order valence-electron chi connectivity index (χ4n) is 0.936. The van der Waals surface area contributed by atoms with Crippen molar-refractivity contribution in [2.45, 2.75) is 0 Å². The van der Waals surface area contributed by atoms with Crippen LogP contribution in [0.3, 0.4) is 0 Å². The zero-order valence-electron chi connectivity index (χ0n) is 8.34. The number of benzene rings is 1. The Morgan fingerprint density at radius 3 is 2.67 bits per heavy atom. The van der Waals surface area contributed by atoms with Gasteiger partial charge < -0.3 is 5.32 Å². The van der Waals surface area contributed by atoms with E-state index in [-0.39, 0.29) is 5.02 Å². The van der Waals surface area contributed by atoms with Crippen molar-refractivity contribution in [3.8, 4) is 0 Å². The minimum Gasteiger partial charge on any atom is -0.332 e. The van der Waals surface area contributed by atoms with Gasteiger partial charge in [0.05, 0.1) is 5.02 Å². The lowest BCUT2D eigenvalue weighted by Gasteiger charge is -2.15. The predicted molar refractivity (Wildman–Crippen MR) is 64.5 cm³/mol. The molecule has 2 N–H and O–H groups in total. The Labute approximate surface area is 98.2 Å². The molecule has 0 saturated heterocycles. The number of rotatable bonds is 2. The van der Waals surface area contributed by atoms with Crippen LogP contribution in [0.15, 0.2) is 18.2 Å². The van der Waals surface area contributed by atoms with Crippen molar-refractivity contribution in [2.24, 2.45) is 0 Å². The molecule has 0 aromatic heterocycles. The van der Waals surface area contributed by atoms with Crippen molar-refractivity contribution < 1.29 is 4.39 Å². The molecule has 0 amide bonds. The van der Waals surface area contributed by atoms with Crippen LogP contribution in [-0.4, -0.2) is 24.2 Å². The van der Waals surface area contributed by atoms with Crippen molar-refractivity contribution in [3.05, 3.63) is 29.0 Å². The highest BCUT2D eigenvalue weighted by molar-refractivity contribution is 7.80. The van der Waals surface area contributed by atoms with Crippen LogP contribution in [0.2, 0.25) is 5.02 Å². The van der Waals surface area contributed by atoms with Crippen LogP contribution in [0.25, 0.3) is 0 Å². The quantitative estimate of drug-likeness (QED) is 0.619. The Balaban J connectivity index is 2.65. The first-order chi connectivity index (χ1) is 6.99. The summed E-state index contributed by atoms with van der Waals surface area (Å²) in [4.78, 5) is 0. The summed E-state index contributed by atoms with van der Waals surface area (Å²) in [6, 6.07) is 4.31. The van der Waals surface area contributed by atoms with Crippen molar-refractivity contribution >= 4 is 34.6 Å². The van der Waals surface area contributed by atoms with E-state index in [9.17, 15) is 4.39 Å². The molecule has 0 atom stereocenters.